The maximum atomic E-state index is 12.0. The van der Waals surface area contributed by atoms with Crippen LogP contribution in [0.15, 0.2) is 89.0 Å². The smallest absolute Gasteiger partial charge is 0.324 e. The molecule has 0 unspecified atom stereocenters. The van der Waals surface area contributed by atoms with E-state index in [2.05, 4.69) is 0 Å². The van der Waals surface area contributed by atoms with Gasteiger partial charge in [0.25, 0.3) is 21.0 Å². The molecule has 1 aliphatic heterocycles. The van der Waals surface area contributed by atoms with E-state index in [1.807, 2.05) is 83.7 Å². The second-order valence-electron chi connectivity index (χ2n) is 8.68. The van der Waals surface area contributed by atoms with Crippen LogP contribution in [0.25, 0.3) is 32.8 Å². The van der Waals surface area contributed by atoms with Gasteiger partial charge in [-0.3, -0.25) is 9.11 Å². The van der Waals surface area contributed by atoms with Gasteiger partial charge in [0.15, 0.2) is 5.88 Å². The van der Waals surface area contributed by atoms with Crippen molar-refractivity contribution < 1.29 is 30.5 Å². The molecule has 0 fully saturated rings. The SMILES string of the molecule is O=S(=O)(O)CN1C(=Cc2sc3ccc4ccccc4c3[n+]2CS(=O)(=O)O)Sc2ccc(-n3cccc3)cc21. The number of anilines is 1. The van der Waals surface area contributed by atoms with Gasteiger partial charge in [-0.2, -0.15) is 21.4 Å². The molecule has 1 aliphatic rings. The third-order valence-electron chi connectivity index (χ3n) is 6.06. The fraction of sp³-hybridized carbons (Fsp3) is 0.0800. The Morgan fingerprint density at radius 3 is 2.39 bits per heavy atom. The zero-order valence-corrected chi connectivity index (χ0v) is 22.8. The lowest BCUT2D eigenvalue weighted by atomic mass is 10.1. The van der Waals surface area contributed by atoms with Crippen molar-refractivity contribution in [2.45, 2.75) is 10.8 Å². The Morgan fingerprint density at radius 1 is 0.895 bits per heavy atom. The van der Waals surface area contributed by atoms with Crippen LogP contribution in [0.2, 0.25) is 0 Å². The molecule has 13 heteroatoms. The molecule has 3 aromatic carbocycles. The van der Waals surface area contributed by atoms with Crippen LogP contribution in [0.3, 0.4) is 0 Å². The van der Waals surface area contributed by atoms with Gasteiger partial charge < -0.3 is 9.47 Å². The summed E-state index contributed by atoms with van der Waals surface area (Å²) in [5, 5.41) is 2.72. The average molecular weight is 587 g/mol. The zero-order chi connectivity index (χ0) is 26.7. The molecule has 0 radical (unpaired) electrons. The fourth-order valence-electron chi connectivity index (χ4n) is 4.54. The van der Waals surface area contributed by atoms with E-state index in [0.29, 0.717) is 21.2 Å². The molecule has 0 atom stereocenters. The minimum Gasteiger partial charge on any atom is -0.324 e. The summed E-state index contributed by atoms with van der Waals surface area (Å²) in [7, 11) is -8.82. The molecule has 194 valence electrons. The molecule has 0 spiro atoms. The van der Waals surface area contributed by atoms with Gasteiger partial charge in [0.2, 0.25) is 5.52 Å². The lowest BCUT2D eigenvalue weighted by molar-refractivity contribution is -0.648. The third-order valence-corrected chi connectivity index (χ3v) is 9.44. The van der Waals surface area contributed by atoms with Crippen LogP contribution >= 0.6 is 23.1 Å². The number of benzene rings is 3. The highest BCUT2D eigenvalue weighted by molar-refractivity contribution is 8.04. The standard InChI is InChI=1S/C25H19N3O6S4/c29-37(30,31)15-27-20-13-18(26-11-3-4-12-26)8-10-21(20)35-23(27)14-24-28(16-38(32,33)34)25-19-6-2-1-5-17(19)7-9-22(25)36-24/h1-14H,15-16H2,(H-,29,30,31,32,33,34)/p+1. The van der Waals surface area contributed by atoms with E-state index >= 15 is 0 Å². The summed E-state index contributed by atoms with van der Waals surface area (Å²) in [6.45, 7) is 0. The van der Waals surface area contributed by atoms with Crippen molar-refractivity contribution in [2.75, 3.05) is 10.8 Å². The van der Waals surface area contributed by atoms with E-state index in [9.17, 15) is 25.9 Å². The van der Waals surface area contributed by atoms with Gasteiger partial charge in [-0.1, -0.05) is 47.4 Å². The van der Waals surface area contributed by atoms with Crippen LogP contribution in [-0.4, -0.2) is 36.4 Å². The van der Waals surface area contributed by atoms with Gasteiger partial charge in [0.1, 0.15) is 4.70 Å². The van der Waals surface area contributed by atoms with Crippen molar-refractivity contribution in [3.05, 3.63) is 89.2 Å². The van der Waals surface area contributed by atoms with Gasteiger partial charge in [-0.05, 0) is 47.9 Å². The average Bonchev–Trinajstić information content (AvgIpc) is 3.57. The van der Waals surface area contributed by atoms with Gasteiger partial charge >= 0.3 is 10.1 Å². The molecule has 0 amide bonds. The van der Waals surface area contributed by atoms with E-state index in [-0.39, 0.29) is 0 Å². The predicted molar refractivity (Wildman–Crippen MR) is 150 cm³/mol. The van der Waals surface area contributed by atoms with Crippen LogP contribution in [0.4, 0.5) is 5.69 Å². The van der Waals surface area contributed by atoms with Crippen LogP contribution in [0.5, 0.6) is 0 Å². The van der Waals surface area contributed by atoms with Gasteiger partial charge in [-0.25, -0.2) is 0 Å². The van der Waals surface area contributed by atoms with Crippen LogP contribution < -0.4 is 9.47 Å². The molecule has 9 nitrogen and oxygen atoms in total. The van der Waals surface area contributed by atoms with Crippen molar-refractivity contribution in [1.82, 2.24) is 4.57 Å². The molecule has 0 saturated heterocycles. The number of aromatic nitrogens is 2. The Bertz CT molecular complexity index is 1960. The maximum Gasteiger partial charge on any atom is 0.326 e. The second kappa shape index (κ2) is 9.22. The maximum absolute atomic E-state index is 12.0. The minimum absolute atomic E-state index is 0.488. The normalized spacial score (nSPS) is 15.1. The largest absolute Gasteiger partial charge is 0.326 e. The van der Waals surface area contributed by atoms with Crippen molar-refractivity contribution in [2.24, 2.45) is 0 Å². The van der Waals surface area contributed by atoms with E-state index in [1.165, 1.54) is 32.6 Å². The lowest BCUT2D eigenvalue weighted by Gasteiger charge is -2.19. The summed E-state index contributed by atoms with van der Waals surface area (Å²) in [5.41, 5.74) is 2.05. The van der Waals surface area contributed by atoms with Crippen molar-refractivity contribution in [3.8, 4) is 5.69 Å². The Kier molecular flexibility index (Phi) is 6.09. The van der Waals surface area contributed by atoms with Gasteiger partial charge in [-0.15, -0.1) is 0 Å². The highest BCUT2D eigenvalue weighted by Gasteiger charge is 2.32. The summed E-state index contributed by atoms with van der Waals surface area (Å²) < 4.78 is 71.8. The quantitative estimate of drug-likeness (QED) is 0.216. The number of hydrogen-bond donors (Lipinski definition) is 2. The Balaban J connectivity index is 1.54. The molecule has 0 aliphatic carbocycles. The number of fused-ring (bicyclic) bond motifs is 4. The van der Waals surface area contributed by atoms with Crippen LogP contribution in [-0.2, 0) is 26.1 Å². The van der Waals surface area contributed by atoms with Crippen LogP contribution in [0.1, 0.15) is 5.01 Å². The fourth-order valence-corrected chi connectivity index (χ4v) is 8.17. The molecule has 38 heavy (non-hydrogen) atoms. The molecule has 2 aromatic heterocycles. The highest BCUT2D eigenvalue weighted by atomic mass is 32.2. The first-order valence-electron chi connectivity index (χ1n) is 11.2. The number of rotatable bonds is 6. The summed E-state index contributed by atoms with van der Waals surface area (Å²) in [4.78, 5) is 2.27. The third kappa shape index (κ3) is 4.84. The first-order chi connectivity index (χ1) is 18.1. The van der Waals surface area contributed by atoms with E-state index in [1.54, 1.807) is 6.08 Å². The molecule has 3 heterocycles. The Hall–Kier alpha value is -3.20. The van der Waals surface area contributed by atoms with E-state index in [0.717, 1.165) is 26.1 Å². The number of nitrogens with zero attached hydrogens (tertiary/aromatic N) is 3. The van der Waals surface area contributed by atoms with Crippen molar-refractivity contribution >= 4 is 76.1 Å². The van der Waals surface area contributed by atoms with E-state index < -0.39 is 32.0 Å². The molecular weight excluding hydrogens is 567 g/mol. The number of thiazole rings is 1. The summed E-state index contributed by atoms with van der Waals surface area (Å²) >= 11 is 2.63. The number of thioether (sulfide) groups is 1. The first-order valence-corrected chi connectivity index (χ1v) is 16.1. The van der Waals surface area contributed by atoms with Crippen molar-refractivity contribution in [3.63, 3.8) is 0 Å². The van der Waals surface area contributed by atoms with Gasteiger partial charge in [0, 0.05) is 23.0 Å². The minimum atomic E-state index is -4.41. The van der Waals surface area contributed by atoms with Gasteiger partial charge in [0.05, 0.1) is 22.2 Å². The highest BCUT2D eigenvalue weighted by Crippen LogP contribution is 2.48. The molecule has 0 saturated carbocycles. The Morgan fingerprint density at radius 2 is 1.66 bits per heavy atom. The van der Waals surface area contributed by atoms with Crippen molar-refractivity contribution in [1.29, 1.82) is 0 Å². The molecule has 6 rings (SSSR count). The van der Waals surface area contributed by atoms with Crippen LogP contribution in [0, 0.1) is 0 Å². The molecule has 5 aromatic rings. The first kappa shape index (κ1) is 25.1. The number of hydrogen-bond acceptors (Lipinski definition) is 7. The monoisotopic (exact) mass is 586 g/mol. The lowest BCUT2D eigenvalue weighted by Crippen LogP contribution is -2.39. The molecule has 0 bridgehead atoms. The molecule has 2 N–H and O–H groups in total. The predicted octanol–water partition coefficient (Wildman–Crippen LogP) is 4.73. The molecular formula is C25H20N3O6S4+. The summed E-state index contributed by atoms with van der Waals surface area (Å²) in [6, 6.07) is 20.7. The van der Waals surface area contributed by atoms with E-state index in [4.69, 9.17) is 0 Å². The summed E-state index contributed by atoms with van der Waals surface area (Å²) in [5.74, 6) is -1.35. The Labute approximate surface area is 226 Å². The zero-order valence-electron chi connectivity index (χ0n) is 19.5. The topological polar surface area (TPSA) is 121 Å². The second-order valence-corrected chi connectivity index (χ2v) is 13.6. The summed E-state index contributed by atoms with van der Waals surface area (Å²) in [6.07, 6.45) is 5.43.